The van der Waals surface area contributed by atoms with E-state index in [4.69, 9.17) is 33.3 Å². The van der Waals surface area contributed by atoms with E-state index in [-0.39, 0.29) is 5.91 Å². The van der Waals surface area contributed by atoms with E-state index >= 15 is 0 Å². The minimum atomic E-state index is -0.127. The second-order valence-electron chi connectivity index (χ2n) is 9.42. The van der Waals surface area contributed by atoms with Crippen molar-refractivity contribution in [3.05, 3.63) is 106 Å². The topological polar surface area (TPSA) is 75.4 Å². The molecule has 5 aromatic rings. The highest BCUT2D eigenvalue weighted by molar-refractivity contribution is 6.36. The lowest BCUT2D eigenvalue weighted by Gasteiger charge is -2.19. The van der Waals surface area contributed by atoms with Crippen molar-refractivity contribution in [2.75, 3.05) is 12.4 Å². The molecule has 0 spiro atoms. The molecule has 9 heteroatoms. The zero-order valence-corrected chi connectivity index (χ0v) is 22.1. The third kappa shape index (κ3) is 4.95. The summed E-state index contributed by atoms with van der Waals surface area (Å²) in [5, 5.41) is 9.34. The number of hydrogen-bond acceptors (Lipinski definition) is 5. The third-order valence-electron chi connectivity index (χ3n) is 6.58. The van der Waals surface area contributed by atoms with Crippen molar-refractivity contribution in [2.24, 2.45) is 0 Å². The van der Waals surface area contributed by atoms with Gasteiger partial charge < -0.3 is 10.2 Å². The van der Waals surface area contributed by atoms with Crippen LogP contribution in [0.5, 0.6) is 0 Å². The fraction of sp³-hybridized carbons (Fsp3) is 0.172. The number of aromatic nitrogens is 4. The van der Waals surface area contributed by atoms with Gasteiger partial charge in [0.2, 0.25) is 0 Å². The van der Waals surface area contributed by atoms with Crippen LogP contribution in [0.2, 0.25) is 10.0 Å². The quantitative estimate of drug-likeness (QED) is 0.240. The molecule has 6 rings (SSSR count). The Kier molecular flexibility index (Phi) is 6.47. The summed E-state index contributed by atoms with van der Waals surface area (Å²) < 4.78 is 1.83. The predicted octanol–water partition coefficient (Wildman–Crippen LogP) is 6.99. The van der Waals surface area contributed by atoms with E-state index in [0.29, 0.717) is 28.1 Å². The smallest absolute Gasteiger partial charge is 0.253 e. The molecule has 0 aliphatic heterocycles. The fourth-order valence-corrected chi connectivity index (χ4v) is 4.88. The number of carbonyl (C=O) groups is 1. The molecule has 1 aliphatic rings. The third-order valence-corrected chi connectivity index (χ3v) is 7.29. The Hall–Kier alpha value is -3.94. The van der Waals surface area contributed by atoms with Crippen molar-refractivity contribution in [2.45, 2.75) is 25.3 Å². The van der Waals surface area contributed by atoms with Gasteiger partial charge in [0.1, 0.15) is 5.82 Å². The number of amides is 1. The number of rotatable bonds is 7. The van der Waals surface area contributed by atoms with Gasteiger partial charge in [-0.15, -0.1) is 0 Å². The standard InChI is InChI=1S/C29H24Cl2N6O/c1-36(17-21-22(30)5-4-6-23(21)31)29(38)19-10-12-20(13-11-19)33-27-16-26(24-7-2-3-14-32-24)34-28-15-25(18-8-9-18)35-37(27)28/h2-7,10-16,18,33H,8-9,17H2,1H3. The molecular formula is C29H24Cl2N6O. The summed E-state index contributed by atoms with van der Waals surface area (Å²) >= 11 is 12.6. The number of halogens is 2. The van der Waals surface area contributed by atoms with Crippen molar-refractivity contribution < 1.29 is 4.79 Å². The van der Waals surface area contributed by atoms with E-state index in [9.17, 15) is 4.79 Å². The van der Waals surface area contributed by atoms with Crippen molar-refractivity contribution in [1.82, 2.24) is 24.5 Å². The van der Waals surface area contributed by atoms with Gasteiger partial charge in [0.05, 0.1) is 17.1 Å². The Morgan fingerprint density at radius 1 is 1.00 bits per heavy atom. The molecule has 0 unspecified atom stereocenters. The molecule has 2 aromatic carbocycles. The van der Waals surface area contributed by atoms with E-state index in [1.54, 1.807) is 48.5 Å². The number of pyridine rings is 1. The first-order valence-electron chi connectivity index (χ1n) is 12.3. The van der Waals surface area contributed by atoms with E-state index in [2.05, 4.69) is 16.4 Å². The zero-order valence-electron chi connectivity index (χ0n) is 20.6. The number of nitrogens with one attached hydrogen (secondary N) is 1. The van der Waals surface area contributed by atoms with Gasteiger partial charge in [-0.2, -0.15) is 9.61 Å². The molecule has 1 amide bonds. The van der Waals surface area contributed by atoms with E-state index in [1.165, 1.54) is 0 Å². The minimum Gasteiger partial charge on any atom is -0.340 e. The average Bonchev–Trinajstić information content (AvgIpc) is 3.70. The zero-order chi connectivity index (χ0) is 26.2. The summed E-state index contributed by atoms with van der Waals surface area (Å²) in [4.78, 5) is 24.0. The first-order chi connectivity index (χ1) is 18.5. The van der Waals surface area contributed by atoms with Crippen molar-refractivity contribution in [3.8, 4) is 11.4 Å². The van der Waals surface area contributed by atoms with Gasteiger partial charge in [-0.05, 0) is 61.4 Å². The highest BCUT2D eigenvalue weighted by Gasteiger charge is 2.27. The minimum absolute atomic E-state index is 0.127. The van der Waals surface area contributed by atoms with E-state index < -0.39 is 0 Å². The molecule has 3 aromatic heterocycles. The highest BCUT2D eigenvalue weighted by atomic mass is 35.5. The summed E-state index contributed by atoms with van der Waals surface area (Å²) in [5.41, 5.74) is 5.47. The van der Waals surface area contributed by atoms with Gasteiger partial charge in [-0.25, -0.2) is 4.98 Å². The van der Waals surface area contributed by atoms with Crippen LogP contribution in [0, 0.1) is 0 Å². The molecule has 38 heavy (non-hydrogen) atoms. The van der Waals surface area contributed by atoms with Gasteiger partial charge in [0.15, 0.2) is 5.65 Å². The van der Waals surface area contributed by atoms with Crippen LogP contribution in [-0.4, -0.2) is 37.4 Å². The molecule has 1 saturated carbocycles. The molecule has 190 valence electrons. The molecule has 0 bridgehead atoms. The molecule has 3 heterocycles. The SMILES string of the molecule is CN(Cc1c(Cl)cccc1Cl)C(=O)c1ccc(Nc2cc(-c3ccccn3)nc3cc(C4CC4)nn23)cc1. The monoisotopic (exact) mass is 542 g/mol. The maximum Gasteiger partial charge on any atom is 0.253 e. The van der Waals surface area contributed by atoms with Gasteiger partial charge in [0.25, 0.3) is 5.91 Å². The molecule has 0 atom stereocenters. The lowest BCUT2D eigenvalue weighted by molar-refractivity contribution is 0.0785. The number of hydrogen-bond donors (Lipinski definition) is 1. The average molecular weight is 543 g/mol. The summed E-state index contributed by atoms with van der Waals surface area (Å²) in [6.45, 7) is 0.311. The van der Waals surface area contributed by atoms with E-state index in [0.717, 1.165) is 52.6 Å². The highest BCUT2D eigenvalue weighted by Crippen LogP contribution is 2.40. The van der Waals surface area contributed by atoms with Gasteiger partial charge in [-0.3, -0.25) is 9.78 Å². The fourth-order valence-electron chi connectivity index (χ4n) is 4.36. The summed E-state index contributed by atoms with van der Waals surface area (Å²) in [5.74, 6) is 1.15. The summed E-state index contributed by atoms with van der Waals surface area (Å²) in [6.07, 6.45) is 4.07. The van der Waals surface area contributed by atoms with Gasteiger partial charge >= 0.3 is 0 Å². The number of carbonyl (C=O) groups excluding carboxylic acids is 1. The van der Waals surface area contributed by atoms with E-state index in [1.807, 2.05) is 40.9 Å². The van der Waals surface area contributed by atoms with Gasteiger partial charge in [0, 0.05) is 64.7 Å². The summed E-state index contributed by atoms with van der Waals surface area (Å²) in [7, 11) is 1.73. The van der Waals surface area contributed by atoms with Crippen LogP contribution in [0.3, 0.4) is 0 Å². The van der Waals surface area contributed by atoms with Crippen LogP contribution < -0.4 is 5.32 Å². The lowest BCUT2D eigenvalue weighted by atomic mass is 10.1. The van der Waals surface area contributed by atoms with Crippen molar-refractivity contribution in [3.63, 3.8) is 0 Å². The van der Waals surface area contributed by atoms with Crippen LogP contribution in [-0.2, 0) is 6.54 Å². The molecule has 1 N–H and O–H groups in total. The molecule has 0 radical (unpaired) electrons. The Morgan fingerprint density at radius 2 is 1.76 bits per heavy atom. The van der Waals surface area contributed by atoms with Gasteiger partial charge in [-0.1, -0.05) is 35.3 Å². The van der Waals surface area contributed by atoms with Crippen LogP contribution in [0.1, 0.15) is 40.4 Å². The molecule has 7 nitrogen and oxygen atoms in total. The molecule has 0 saturated heterocycles. The molecule has 1 fully saturated rings. The summed E-state index contributed by atoms with van der Waals surface area (Å²) in [6, 6.07) is 22.4. The normalized spacial score (nSPS) is 13.0. The Labute approximate surface area is 230 Å². The maximum absolute atomic E-state index is 13.1. The second kappa shape index (κ2) is 10.1. The number of nitrogens with zero attached hydrogens (tertiary/aromatic N) is 5. The first kappa shape index (κ1) is 24.4. The van der Waals surface area contributed by atoms with Crippen LogP contribution >= 0.6 is 23.2 Å². The van der Waals surface area contributed by atoms with Crippen molar-refractivity contribution in [1.29, 1.82) is 0 Å². The predicted molar refractivity (Wildman–Crippen MR) is 150 cm³/mol. The van der Waals surface area contributed by atoms with Crippen LogP contribution in [0.15, 0.2) is 79.0 Å². The lowest BCUT2D eigenvalue weighted by Crippen LogP contribution is -2.26. The second-order valence-corrected chi connectivity index (χ2v) is 10.2. The number of fused-ring (bicyclic) bond motifs is 1. The molecule has 1 aliphatic carbocycles. The number of benzene rings is 2. The Bertz CT molecular complexity index is 1610. The first-order valence-corrected chi connectivity index (χ1v) is 13.1. The molecular weight excluding hydrogens is 519 g/mol. The maximum atomic E-state index is 13.1. The largest absolute Gasteiger partial charge is 0.340 e. The van der Waals surface area contributed by atoms with Crippen LogP contribution in [0.25, 0.3) is 17.0 Å². The Balaban J connectivity index is 1.25. The van der Waals surface area contributed by atoms with Crippen LogP contribution in [0.4, 0.5) is 11.5 Å². The Morgan fingerprint density at radius 3 is 2.45 bits per heavy atom. The number of anilines is 2. The van der Waals surface area contributed by atoms with Crippen molar-refractivity contribution >= 4 is 46.3 Å².